The average molecular weight is 694 g/mol. The summed E-state index contributed by atoms with van der Waals surface area (Å²) < 4.78 is 16.0. The highest BCUT2D eigenvalue weighted by atomic mass is 35.5. The fourth-order valence-corrected chi connectivity index (χ4v) is 6.75. The third-order valence-electron chi connectivity index (χ3n) is 8.24. The maximum atomic E-state index is 14.3. The van der Waals surface area contributed by atoms with Crippen LogP contribution in [-0.4, -0.2) is 89.5 Å². The van der Waals surface area contributed by atoms with Crippen LogP contribution in [0.5, 0.6) is 5.75 Å². The molecule has 1 aromatic heterocycles. The molecule has 6 rings (SSSR count). The van der Waals surface area contributed by atoms with Crippen LogP contribution in [0.3, 0.4) is 0 Å². The van der Waals surface area contributed by atoms with Crippen molar-refractivity contribution in [3.8, 4) is 5.75 Å². The number of piperazine rings is 1. The summed E-state index contributed by atoms with van der Waals surface area (Å²) >= 11 is 6.27. The highest BCUT2D eigenvalue weighted by molar-refractivity contribution is 7.46. The summed E-state index contributed by atoms with van der Waals surface area (Å²) in [5.41, 5.74) is 2.91. The second-order valence-electron chi connectivity index (χ2n) is 11.4. The quantitative estimate of drug-likeness (QED) is 0.144. The van der Waals surface area contributed by atoms with E-state index in [-0.39, 0.29) is 56.7 Å². The number of hydrogen-bond acceptors (Lipinski definition) is 7. The van der Waals surface area contributed by atoms with E-state index in [0.717, 1.165) is 11.1 Å². The van der Waals surface area contributed by atoms with Crippen LogP contribution in [0.2, 0.25) is 5.15 Å². The maximum Gasteiger partial charge on any atom is 0.524 e. The monoisotopic (exact) mass is 693 g/mol. The Labute approximate surface area is 280 Å². The molecule has 4 N–H and O–H groups in total. The lowest BCUT2D eigenvalue weighted by molar-refractivity contribution is -0.189. The molecule has 2 atom stereocenters. The van der Waals surface area contributed by atoms with E-state index in [1.165, 1.54) is 22.0 Å². The first-order valence-corrected chi connectivity index (χ1v) is 17.0. The van der Waals surface area contributed by atoms with Crippen molar-refractivity contribution in [1.82, 2.24) is 35.3 Å². The van der Waals surface area contributed by atoms with E-state index in [2.05, 4.69) is 26.6 Å². The van der Waals surface area contributed by atoms with Gasteiger partial charge in [-0.2, -0.15) is 5.10 Å². The Bertz CT molecular complexity index is 1880. The molecule has 0 spiro atoms. The van der Waals surface area contributed by atoms with E-state index < -0.39 is 26.1 Å². The average Bonchev–Trinajstić information content (AvgIpc) is 3.44. The molecule has 2 fully saturated rings. The molecule has 0 unspecified atom stereocenters. The number of H-pyrrole nitrogens is 1. The van der Waals surface area contributed by atoms with E-state index in [0.29, 0.717) is 21.6 Å². The normalized spacial score (nSPS) is 18.6. The molecule has 2 saturated heterocycles. The minimum atomic E-state index is -4.77. The van der Waals surface area contributed by atoms with E-state index >= 15 is 0 Å². The number of halogens is 1. The molecule has 2 aliphatic rings. The number of hydrogen-bond donors (Lipinski definition) is 4. The van der Waals surface area contributed by atoms with Crippen molar-refractivity contribution < 1.29 is 33.3 Å². The van der Waals surface area contributed by atoms with Gasteiger partial charge in [-0.3, -0.25) is 24.5 Å². The lowest BCUT2D eigenvalue weighted by atomic mass is 9.98. The van der Waals surface area contributed by atoms with Gasteiger partial charge >= 0.3 is 13.9 Å². The van der Waals surface area contributed by atoms with Gasteiger partial charge in [0, 0.05) is 31.4 Å². The highest BCUT2D eigenvalue weighted by Crippen LogP contribution is 2.38. The fourth-order valence-electron chi connectivity index (χ4n) is 6.15. The number of para-hydroxylation sites is 1. The lowest BCUT2D eigenvalue weighted by Crippen LogP contribution is -2.76. The van der Waals surface area contributed by atoms with Crippen LogP contribution < -0.4 is 9.84 Å². The van der Waals surface area contributed by atoms with Gasteiger partial charge in [-0.25, -0.2) is 19.4 Å². The van der Waals surface area contributed by atoms with Crippen LogP contribution in [-0.2, 0) is 33.7 Å². The van der Waals surface area contributed by atoms with Gasteiger partial charge in [0.15, 0.2) is 5.15 Å². The summed E-state index contributed by atoms with van der Waals surface area (Å²) in [4.78, 5) is 63.6. The van der Waals surface area contributed by atoms with E-state index in [9.17, 15) is 28.7 Å². The second kappa shape index (κ2) is 13.8. The second-order valence-corrected chi connectivity index (χ2v) is 12.9. The summed E-state index contributed by atoms with van der Waals surface area (Å²) in [6, 6.07) is 19.4. The van der Waals surface area contributed by atoms with Crippen molar-refractivity contribution >= 4 is 48.2 Å². The predicted octanol–water partition coefficient (Wildman–Crippen LogP) is 3.42. The molecular formula is C32H33ClN7O7P. The molecule has 4 amide bonds. The van der Waals surface area contributed by atoms with Crippen LogP contribution in [0, 0.1) is 0 Å². The lowest BCUT2D eigenvalue weighted by Gasteiger charge is -2.55. The minimum Gasteiger partial charge on any atom is -0.404 e. The molecule has 0 aliphatic carbocycles. The molecular weight excluding hydrogens is 661 g/mol. The maximum absolute atomic E-state index is 14.3. The van der Waals surface area contributed by atoms with E-state index in [4.69, 9.17) is 11.6 Å². The van der Waals surface area contributed by atoms with Crippen LogP contribution in [0.4, 0.5) is 4.79 Å². The highest BCUT2D eigenvalue weighted by Gasteiger charge is 2.51. The van der Waals surface area contributed by atoms with Gasteiger partial charge < -0.3 is 19.6 Å². The summed E-state index contributed by atoms with van der Waals surface area (Å²) in [5, 5.41) is 14.1. The fraction of sp³-hybridized carbons (Fsp3) is 0.250. The molecule has 48 heavy (non-hydrogen) atoms. The number of nitrogens with zero attached hydrogens (tertiary/aromatic N) is 5. The predicted molar refractivity (Wildman–Crippen MR) is 176 cm³/mol. The first-order chi connectivity index (χ1) is 23.0. The Balaban J connectivity index is 1.35. The van der Waals surface area contributed by atoms with Crippen LogP contribution in [0.1, 0.15) is 16.7 Å². The first-order valence-electron chi connectivity index (χ1n) is 15.0. The summed E-state index contributed by atoms with van der Waals surface area (Å²) in [5.74, 6) is -0.723. The van der Waals surface area contributed by atoms with Gasteiger partial charge in [-0.15, -0.1) is 6.58 Å². The zero-order valence-electron chi connectivity index (χ0n) is 25.6. The molecule has 0 bridgehead atoms. The number of carbonyl (C=O) groups excluding carboxylic acids is 3. The smallest absolute Gasteiger partial charge is 0.404 e. The van der Waals surface area contributed by atoms with Crippen LogP contribution in [0.15, 0.2) is 85.5 Å². The molecule has 0 saturated carbocycles. The van der Waals surface area contributed by atoms with Gasteiger partial charge in [-0.1, -0.05) is 72.3 Å². The van der Waals surface area contributed by atoms with Gasteiger partial charge in [-0.05, 0) is 34.9 Å². The third-order valence-corrected chi connectivity index (χ3v) is 8.98. The number of phosphoric acid groups is 1. The van der Waals surface area contributed by atoms with Crippen molar-refractivity contribution in [2.75, 3.05) is 19.6 Å². The number of aromatic nitrogens is 2. The number of aromatic amines is 1. The summed E-state index contributed by atoms with van der Waals surface area (Å²) in [7, 11) is -4.77. The molecule has 3 heterocycles. The van der Waals surface area contributed by atoms with Crippen molar-refractivity contribution in [3.05, 3.63) is 107 Å². The largest absolute Gasteiger partial charge is 0.524 e. The van der Waals surface area contributed by atoms with Gasteiger partial charge in [0.05, 0.1) is 18.6 Å². The van der Waals surface area contributed by atoms with Crippen molar-refractivity contribution in [2.45, 2.75) is 31.7 Å². The van der Waals surface area contributed by atoms with E-state index in [1.54, 1.807) is 28.1 Å². The van der Waals surface area contributed by atoms with Gasteiger partial charge in [0.1, 0.15) is 18.0 Å². The van der Waals surface area contributed by atoms with Gasteiger partial charge in [0.25, 0.3) is 0 Å². The first kappa shape index (κ1) is 33.2. The number of carbonyl (C=O) groups is 3. The zero-order chi connectivity index (χ0) is 34.0. The molecule has 0 radical (unpaired) electrons. The molecule has 14 nitrogen and oxygen atoms in total. The zero-order valence-corrected chi connectivity index (χ0v) is 27.3. The number of urea groups is 1. The summed E-state index contributed by atoms with van der Waals surface area (Å²) in [6.45, 7) is 4.26. The van der Waals surface area contributed by atoms with Crippen molar-refractivity contribution in [2.24, 2.45) is 0 Å². The molecule has 16 heteroatoms. The van der Waals surface area contributed by atoms with Crippen LogP contribution >= 0.6 is 19.4 Å². The number of benzene rings is 3. The summed E-state index contributed by atoms with van der Waals surface area (Å²) in [6.07, 6.45) is 0.800. The van der Waals surface area contributed by atoms with Crippen molar-refractivity contribution in [1.29, 1.82) is 0 Å². The number of hydrazine groups is 1. The molecule has 250 valence electrons. The molecule has 3 aromatic carbocycles. The number of nitrogens with one attached hydrogen (secondary N) is 2. The topological polar surface area (TPSA) is 172 Å². The SMILES string of the molecule is C=CCN1CC(=O)N2[C@@H](Cc3ccc(OP(=O)(O)O)cc3)C(=O)N(Cc3cccc4c(Cl)n[nH]c34)C[C@@H]2N1C(=O)NCc1ccccc1. The van der Waals surface area contributed by atoms with Crippen molar-refractivity contribution in [3.63, 3.8) is 0 Å². The minimum absolute atomic E-state index is 0.0147. The number of rotatable bonds is 10. The number of fused-ring (bicyclic) bond motifs is 2. The Morgan fingerprint density at radius 1 is 1.08 bits per heavy atom. The molecule has 4 aromatic rings. The molecule has 2 aliphatic heterocycles. The Kier molecular flexibility index (Phi) is 9.54. The Hall–Kier alpha value is -4.72. The third kappa shape index (κ3) is 7.08. The number of phosphoric ester groups is 1. The van der Waals surface area contributed by atoms with Crippen LogP contribution in [0.25, 0.3) is 10.9 Å². The standard InChI is InChI=1S/C32H33ClN7O7P/c1-2-15-38-20-28(41)39-26(16-21-11-13-24(14-12-21)47-48(44,45)46)31(42)37(18-23-9-6-10-25-29(23)35-36-30(25)33)19-27(39)40(38)32(43)34-17-22-7-4-3-5-8-22/h2-14,26-27H,1,15-20H2,(H,34,43)(H,35,36)(H2,44,45,46)/t26-,27-/m0/s1. The van der Waals surface area contributed by atoms with E-state index in [1.807, 2.05) is 48.5 Å². The Morgan fingerprint density at radius 3 is 2.54 bits per heavy atom. The Morgan fingerprint density at radius 2 is 1.83 bits per heavy atom. The number of amides is 4. The van der Waals surface area contributed by atoms with Gasteiger partial charge in [0.2, 0.25) is 11.8 Å².